The van der Waals surface area contributed by atoms with E-state index in [1.54, 1.807) is 0 Å². The van der Waals surface area contributed by atoms with Crippen molar-refractivity contribution in [2.45, 2.75) is 99.8 Å². The van der Waals surface area contributed by atoms with Gasteiger partial charge in [0.25, 0.3) is 6.71 Å². The van der Waals surface area contributed by atoms with Gasteiger partial charge in [0.05, 0.1) is 33.4 Å². The minimum Gasteiger partial charge on any atom is -0.310 e. The molecule has 0 bridgehead atoms. The first kappa shape index (κ1) is 75.5. The SMILES string of the molecule is Cc1ccc2c(c1)c1cc(C)ccc1n2-c1ccc2c(c1)N(c1c(-c3ccccc3)cc(C(C)(C)C)cc1-c1cccc(-c3cccc(-c4ccccc4)c3)c1)c1cc(C(C)C)cc3c1B2c1ccc(-n2c4ccc(C)cc4c4cc(C)ccc42)cc1N3c1c(-c2ccccc2)cc(C(C)(C)C)cc1-c1cccc(-c2cccc(-c3ccccc3)c2)c1. The van der Waals surface area contributed by atoms with Crippen molar-refractivity contribution in [3.8, 4) is 100 Å². The highest BCUT2D eigenvalue weighted by molar-refractivity contribution is 7.00. The Morgan fingerprint density at radius 1 is 0.246 bits per heavy atom. The van der Waals surface area contributed by atoms with Crippen molar-refractivity contribution in [2.75, 3.05) is 9.80 Å². The lowest BCUT2D eigenvalue weighted by Crippen LogP contribution is -2.61. The predicted octanol–water partition coefficient (Wildman–Crippen LogP) is 30.3. The fourth-order valence-electron chi connectivity index (χ4n) is 19.6. The topological polar surface area (TPSA) is 16.3 Å². The summed E-state index contributed by atoms with van der Waals surface area (Å²) in [5.41, 5.74) is 44.0. The number of benzene rings is 17. The molecule has 0 spiro atoms. The molecule has 0 atom stereocenters. The molecule has 0 saturated heterocycles. The number of nitrogens with zero attached hydrogens (tertiary/aromatic N) is 4. The first-order valence-electron chi connectivity index (χ1n) is 43.3. The van der Waals surface area contributed by atoms with E-state index in [4.69, 9.17) is 0 Å². The number of hydrogen-bond acceptors (Lipinski definition) is 2. The molecule has 0 unspecified atom stereocenters. The molecular formula is C117H97BN4. The molecule has 5 heteroatoms. The summed E-state index contributed by atoms with van der Waals surface area (Å²) < 4.78 is 5.09. The molecule has 122 heavy (non-hydrogen) atoms. The Morgan fingerprint density at radius 3 is 0.836 bits per heavy atom. The predicted molar refractivity (Wildman–Crippen MR) is 523 cm³/mol. The van der Waals surface area contributed by atoms with Gasteiger partial charge in [0.1, 0.15) is 0 Å². The number of fused-ring (bicyclic) bond motifs is 10. The number of aromatic nitrogens is 2. The molecule has 17 aromatic carbocycles. The van der Waals surface area contributed by atoms with E-state index in [1.165, 1.54) is 121 Å². The van der Waals surface area contributed by atoms with Crippen molar-refractivity contribution < 1.29 is 0 Å². The Balaban J connectivity index is 0.918. The van der Waals surface area contributed by atoms with Crippen LogP contribution in [0.25, 0.3) is 144 Å². The summed E-state index contributed by atoms with van der Waals surface area (Å²) >= 11 is 0. The first-order chi connectivity index (χ1) is 59.2. The van der Waals surface area contributed by atoms with Crippen LogP contribution in [0.3, 0.4) is 0 Å². The molecular weight excluding hydrogens is 1470 g/mol. The number of aryl methyl sites for hydroxylation is 4. The van der Waals surface area contributed by atoms with Crippen LogP contribution < -0.4 is 26.2 Å². The van der Waals surface area contributed by atoms with Gasteiger partial charge in [-0.05, 0) is 278 Å². The van der Waals surface area contributed by atoms with Gasteiger partial charge in [0.15, 0.2) is 0 Å². The summed E-state index contributed by atoms with van der Waals surface area (Å²) in [5, 5.41) is 4.98. The lowest BCUT2D eigenvalue weighted by Gasteiger charge is -2.46. The van der Waals surface area contributed by atoms with Gasteiger partial charge in [-0.2, -0.15) is 0 Å². The largest absolute Gasteiger partial charge is 0.310 e. The van der Waals surface area contributed by atoms with Crippen LogP contribution in [0.5, 0.6) is 0 Å². The van der Waals surface area contributed by atoms with Crippen LogP contribution in [0.15, 0.2) is 364 Å². The van der Waals surface area contributed by atoms with Gasteiger partial charge in [-0.1, -0.05) is 308 Å². The normalized spacial score (nSPS) is 12.6. The minimum atomic E-state index is -0.288. The van der Waals surface area contributed by atoms with E-state index in [0.29, 0.717) is 0 Å². The second kappa shape index (κ2) is 29.5. The van der Waals surface area contributed by atoms with Crippen LogP contribution in [0.2, 0.25) is 0 Å². The Morgan fingerprint density at radius 2 is 0.525 bits per heavy atom. The van der Waals surface area contributed by atoms with Crippen LogP contribution in [0, 0.1) is 27.7 Å². The Hall–Kier alpha value is -14.0. The van der Waals surface area contributed by atoms with Crippen molar-refractivity contribution in [3.63, 3.8) is 0 Å². The molecule has 0 radical (unpaired) electrons. The fourth-order valence-corrected chi connectivity index (χ4v) is 19.6. The van der Waals surface area contributed by atoms with Crippen molar-refractivity contribution >= 4 is 101 Å². The van der Waals surface area contributed by atoms with E-state index in [9.17, 15) is 0 Å². The number of hydrogen-bond donors (Lipinski definition) is 0. The van der Waals surface area contributed by atoms with Crippen molar-refractivity contribution in [2.24, 2.45) is 0 Å². The maximum Gasteiger partial charge on any atom is 0.252 e. The zero-order chi connectivity index (χ0) is 83.1. The molecule has 0 saturated carbocycles. The van der Waals surface area contributed by atoms with Crippen LogP contribution in [0.1, 0.15) is 100 Å². The standard InChI is InChI=1S/C117H97BN4/c1-73(2)90-65-111-113-112(66-90)122(115-96(81-35-23-16-24-36-81)68-92(117(10,11)12)70-98(115)89-44-28-42-87(64-89)85-40-26-38-83(62-85)79-31-19-14-20-32-79)110-72-94(120-107-55-47-76(5)59-101(107)102-60-77(6)48-56-108(102)120)50-52-104(110)118(113)103-51-49-93(119-105-53-45-74(3)57-99(105)100-58-75(4)46-54-106(100)119)71-109(103)121(111)114-95(80-33-21-15-22-34-80)67-91(116(7,8)9)69-97(114)88-43-27-41-86(63-88)84-39-25-37-82(61-84)78-29-17-13-18-30-78/h13-73H,1-12H3. The molecule has 0 aliphatic carbocycles. The smallest absolute Gasteiger partial charge is 0.252 e. The average Bonchev–Trinajstić information content (AvgIpc) is 0.790. The van der Waals surface area contributed by atoms with Crippen LogP contribution in [-0.4, -0.2) is 15.8 Å². The molecule has 4 nitrogen and oxygen atoms in total. The second-order valence-corrected chi connectivity index (χ2v) is 36.6. The third kappa shape index (κ3) is 13.0. The highest BCUT2D eigenvalue weighted by Crippen LogP contribution is 2.56. The fraction of sp³-hybridized carbons (Fsp3) is 0.128. The van der Waals surface area contributed by atoms with E-state index < -0.39 is 0 Å². The van der Waals surface area contributed by atoms with Crippen molar-refractivity contribution in [1.82, 2.24) is 9.13 Å². The molecule has 2 aliphatic heterocycles. The molecule has 0 amide bonds. The highest BCUT2D eigenvalue weighted by Gasteiger charge is 2.47. The Kier molecular flexibility index (Phi) is 18.2. The molecule has 2 aliphatic rings. The van der Waals surface area contributed by atoms with Crippen LogP contribution >= 0.6 is 0 Å². The van der Waals surface area contributed by atoms with Gasteiger partial charge in [-0.3, -0.25) is 0 Å². The van der Waals surface area contributed by atoms with Gasteiger partial charge < -0.3 is 18.9 Å². The van der Waals surface area contributed by atoms with Gasteiger partial charge in [-0.15, -0.1) is 0 Å². The minimum absolute atomic E-state index is 0.0764. The van der Waals surface area contributed by atoms with Gasteiger partial charge in [0, 0.05) is 77.9 Å². The van der Waals surface area contributed by atoms with E-state index >= 15 is 0 Å². The summed E-state index contributed by atoms with van der Waals surface area (Å²) in [6, 6.07) is 140. The monoisotopic (exact) mass is 1570 g/mol. The lowest BCUT2D eigenvalue weighted by molar-refractivity contribution is 0.590. The van der Waals surface area contributed by atoms with Crippen molar-refractivity contribution in [1.29, 1.82) is 0 Å². The van der Waals surface area contributed by atoms with E-state index in [2.05, 4.69) is 466 Å². The van der Waals surface area contributed by atoms with E-state index in [0.717, 1.165) is 112 Å². The summed E-state index contributed by atoms with van der Waals surface area (Å²) in [6.07, 6.45) is 0. The van der Waals surface area contributed by atoms with E-state index in [1.807, 2.05) is 0 Å². The molecule has 0 fully saturated rings. The second-order valence-electron chi connectivity index (χ2n) is 36.6. The molecule has 588 valence electrons. The maximum absolute atomic E-state index is 2.77. The third-order valence-electron chi connectivity index (χ3n) is 25.9. The average molecular weight is 1570 g/mol. The number of anilines is 6. The maximum atomic E-state index is 2.77. The van der Waals surface area contributed by atoms with Gasteiger partial charge in [-0.25, -0.2) is 0 Å². The highest BCUT2D eigenvalue weighted by atomic mass is 15.2. The Bertz CT molecular complexity index is 6860. The zero-order valence-corrected chi connectivity index (χ0v) is 71.6. The third-order valence-corrected chi connectivity index (χ3v) is 25.9. The summed E-state index contributed by atoms with van der Waals surface area (Å²) in [5.74, 6) is 0.0764. The van der Waals surface area contributed by atoms with Crippen LogP contribution in [0.4, 0.5) is 34.1 Å². The quantitative estimate of drug-likeness (QED) is 0.107. The summed E-state index contributed by atoms with van der Waals surface area (Å²) in [4.78, 5) is 5.53. The molecule has 0 N–H and O–H groups in total. The Labute approximate surface area is 718 Å². The van der Waals surface area contributed by atoms with Gasteiger partial charge in [0.2, 0.25) is 0 Å². The lowest BCUT2D eigenvalue weighted by atomic mass is 9.33. The zero-order valence-electron chi connectivity index (χ0n) is 71.6. The number of rotatable bonds is 13. The summed E-state index contributed by atoms with van der Waals surface area (Å²) in [6.45, 7) is 27.7. The van der Waals surface area contributed by atoms with Crippen molar-refractivity contribution in [3.05, 3.63) is 403 Å². The van der Waals surface area contributed by atoms with E-state index in [-0.39, 0.29) is 23.5 Å². The van der Waals surface area contributed by atoms with Crippen LogP contribution in [-0.2, 0) is 10.8 Å². The molecule has 2 aromatic heterocycles. The molecule has 4 heterocycles. The summed E-state index contributed by atoms with van der Waals surface area (Å²) in [7, 11) is 0. The first-order valence-corrected chi connectivity index (χ1v) is 43.3. The van der Waals surface area contributed by atoms with Gasteiger partial charge >= 0.3 is 0 Å². The molecule has 19 aromatic rings. The molecule has 21 rings (SSSR count).